The smallest absolute Gasteiger partial charge is 0.248 e. The van der Waals surface area contributed by atoms with E-state index < -0.39 is 10.0 Å². The van der Waals surface area contributed by atoms with Crippen LogP contribution < -0.4 is 4.74 Å². The van der Waals surface area contributed by atoms with Crippen molar-refractivity contribution in [3.05, 3.63) is 39.7 Å². The molecule has 11 heteroatoms. The number of benzene rings is 1. The van der Waals surface area contributed by atoms with Gasteiger partial charge in [0.2, 0.25) is 15.9 Å². The van der Waals surface area contributed by atoms with Crippen LogP contribution in [-0.4, -0.2) is 61.5 Å². The number of halogens is 2. The molecule has 1 amide bonds. The highest BCUT2D eigenvalue weighted by Gasteiger charge is 2.32. The summed E-state index contributed by atoms with van der Waals surface area (Å²) in [5, 5.41) is 4.51. The van der Waals surface area contributed by atoms with Crippen LogP contribution in [0.2, 0.25) is 10.0 Å². The SMILES string of the molecule is Cc1noc(C)c1S(=O)(=O)N1CCCN(C(=O)CCCOc2cccc(Cl)c2Cl)CC1. The Bertz CT molecular complexity index is 1020. The summed E-state index contributed by atoms with van der Waals surface area (Å²) in [6.07, 6.45) is 1.37. The molecule has 1 aliphatic rings. The van der Waals surface area contributed by atoms with Gasteiger partial charge in [0.1, 0.15) is 21.4 Å². The van der Waals surface area contributed by atoms with Crippen LogP contribution in [0.15, 0.2) is 27.6 Å². The summed E-state index contributed by atoms with van der Waals surface area (Å²) >= 11 is 12.0. The van der Waals surface area contributed by atoms with Crippen molar-refractivity contribution in [2.75, 3.05) is 32.8 Å². The zero-order valence-corrected chi connectivity index (χ0v) is 19.8. The van der Waals surface area contributed by atoms with Crippen LogP contribution in [0.3, 0.4) is 0 Å². The normalized spacial score (nSPS) is 15.7. The van der Waals surface area contributed by atoms with E-state index >= 15 is 0 Å². The first-order valence-corrected chi connectivity index (χ1v) is 12.2. The predicted octanol–water partition coefficient (Wildman–Crippen LogP) is 3.68. The maximum absolute atomic E-state index is 13.0. The molecular weight excluding hydrogens is 465 g/mol. The monoisotopic (exact) mass is 489 g/mol. The van der Waals surface area contributed by atoms with E-state index in [1.54, 1.807) is 36.9 Å². The van der Waals surface area contributed by atoms with E-state index in [0.717, 1.165) is 0 Å². The van der Waals surface area contributed by atoms with Crippen LogP contribution in [-0.2, 0) is 14.8 Å². The highest BCUT2D eigenvalue weighted by Crippen LogP contribution is 2.31. The minimum atomic E-state index is -3.72. The molecule has 1 aliphatic heterocycles. The number of hydrogen-bond donors (Lipinski definition) is 0. The molecule has 1 aromatic carbocycles. The Morgan fingerprint density at radius 1 is 1.19 bits per heavy atom. The summed E-state index contributed by atoms with van der Waals surface area (Å²) in [6, 6.07) is 5.14. The molecule has 2 aromatic rings. The molecule has 3 rings (SSSR count). The molecule has 2 heterocycles. The molecule has 1 fully saturated rings. The van der Waals surface area contributed by atoms with Gasteiger partial charge in [0, 0.05) is 32.6 Å². The molecule has 1 aromatic heterocycles. The predicted molar refractivity (Wildman–Crippen MR) is 117 cm³/mol. The molecule has 8 nitrogen and oxygen atoms in total. The third-order valence-electron chi connectivity index (χ3n) is 5.08. The van der Waals surface area contributed by atoms with Gasteiger partial charge in [-0.15, -0.1) is 0 Å². The lowest BCUT2D eigenvalue weighted by molar-refractivity contribution is -0.131. The maximum atomic E-state index is 13.0. The fourth-order valence-electron chi connectivity index (χ4n) is 3.51. The molecule has 0 saturated carbocycles. The molecule has 0 bridgehead atoms. The Balaban J connectivity index is 1.51. The molecule has 31 heavy (non-hydrogen) atoms. The van der Waals surface area contributed by atoms with Gasteiger partial charge in [0.25, 0.3) is 0 Å². The van der Waals surface area contributed by atoms with Gasteiger partial charge in [-0.25, -0.2) is 8.42 Å². The van der Waals surface area contributed by atoms with Gasteiger partial charge in [-0.1, -0.05) is 34.4 Å². The number of aromatic nitrogens is 1. The maximum Gasteiger partial charge on any atom is 0.248 e. The topological polar surface area (TPSA) is 93.0 Å². The molecule has 0 atom stereocenters. The lowest BCUT2D eigenvalue weighted by Gasteiger charge is -2.22. The van der Waals surface area contributed by atoms with Crippen molar-refractivity contribution in [1.29, 1.82) is 0 Å². The van der Waals surface area contributed by atoms with E-state index in [0.29, 0.717) is 67.0 Å². The van der Waals surface area contributed by atoms with Crippen molar-refractivity contribution in [3.8, 4) is 5.75 Å². The Kier molecular flexibility index (Phi) is 7.85. The summed E-state index contributed by atoms with van der Waals surface area (Å²) in [6.45, 7) is 4.93. The Morgan fingerprint density at radius 2 is 1.97 bits per heavy atom. The number of carbonyl (C=O) groups is 1. The average Bonchev–Trinajstić information content (AvgIpc) is 2.93. The second-order valence-corrected chi connectivity index (χ2v) is 9.96. The molecule has 0 spiro atoms. The lowest BCUT2D eigenvalue weighted by Crippen LogP contribution is -2.37. The lowest BCUT2D eigenvalue weighted by atomic mass is 10.2. The number of sulfonamides is 1. The second-order valence-electron chi connectivity index (χ2n) is 7.30. The van der Waals surface area contributed by atoms with Crippen molar-refractivity contribution < 1.29 is 22.5 Å². The molecule has 0 aliphatic carbocycles. The number of ether oxygens (including phenoxy) is 1. The second kappa shape index (κ2) is 10.2. The highest BCUT2D eigenvalue weighted by molar-refractivity contribution is 7.89. The van der Waals surface area contributed by atoms with Crippen molar-refractivity contribution in [2.24, 2.45) is 0 Å². The Hall–Kier alpha value is -1.81. The molecule has 0 radical (unpaired) electrons. The Labute approximate surface area is 192 Å². The van der Waals surface area contributed by atoms with Crippen molar-refractivity contribution in [1.82, 2.24) is 14.4 Å². The van der Waals surface area contributed by atoms with E-state index in [2.05, 4.69) is 5.16 Å². The summed E-state index contributed by atoms with van der Waals surface area (Å²) in [7, 11) is -3.72. The van der Waals surface area contributed by atoms with Gasteiger partial charge in [-0.3, -0.25) is 4.79 Å². The standard InChI is InChI=1S/C20H25Cl2N3O5S/c1-14-20(15(2)30-23-14)31(27,28)25-10-5-9-24(11-12-25)18(26)8-4-13-29-17-7-3-6-16(21)19(17)22/h3,6-7H,4-5,8-13H2,1-2H3. The van der Waals surface area contributed by atoms with Crippen molar-refractivity contribution >= 4 is 39.1 Å². The van der Waals surface area contributed by atoms with Gasteiger partial charge in [0.15, 0.2) is 5.76 Å². The quantitative estimate of drug-likeness (QED) is 0.550. The molecular formula is C20H25Cl2N3O5S. The van der Waals surface area contributed by atoms with Crippen LogP contribution in [0.5, 0.6) is 5.75 Å². The van der Waals surface area contributed by atoms with E-state index in [-0.39, 0.29) is 23.1 Å². The molecule has 0 N–H and O–H groups in total. The highest BCUT2D eigenvalue weighted by atomic mass is 35.5. The summed E-state index contributed by atoms with van der Waals surface area (Å²) in [5.41, 5.74) is 0.342. The van der Waals surface area contributed by atoms with Crippen molar-refractivity contribution in [2.45, 2.75) is 38.0 Å². The average molecular weight is 490 g/mol. The third kappa shape index (κ3) is 5.52. The fraction of sp³-hybridized carbons (Fsp3) is 0.500. The number of rotatable bonds is 7. The van der Waals surface area contributed by atoms with Crippen LogP contribution in [0.1, 0.15) is 30.7 Å². The van der Waals surface area contributed by atoms with Crippen LogP contribution in [0.25, 0.3) is 0 Å². The van der Waals surface area contributed by atoms with Gasteiger partial charge in [0.05, 0.1) is 11.6 Å². The minimum Gasteiger partial charge on any atom is -0.492 e. The van der Waals surface area contributed by atoms with E-state index in [1.807, 2.05) is 0 Å². The van der Waals surface area contributed by atoms with E-state index in [4.69, 9.17) is 32.5 Å². The van der Waals surface area contributed by atoms with E-state index in [9.17, 15) is 13.2 Å². The third-order valence-corrected chi connectivity index (χ3v) is 8.03. The number of aryl methyl sites for hydroxylation is 2. The first kappa shape index (κ1) is 23.8. The van der Waals surface area contributed by atoms with E-state index in [1.165, 1.54) is 4.31 Å². The number of hydrogen-bond acceptors (Lipinski definition) is 6. The zero-order chi connectivity index (χ0) is 22.6. The van der Waals surface area contributed by atoms with Gasteiger partial charge in [-0.05, 0) is 38.8 Å². The number of amides is 1. The van der Waals surface area contributed by atoms with Gasteiger partial charge < -0.3 is 14.2 Å². The van der Waals surface area contributed by atoms with Crippen LogP contribution in [0, 0.1) is 13.8 Å². The number of nitrogens with zero attached hydrogens (tertiary/aromatic N) is 3. The van der Waals surface area contributed by atoms with Crippen LogP contribution >= 0.6 is 23.2 Å². The summed E-state index contributed by atoms with van der Waals surface area (Å²) in [5.74, 6) is 0.725. The zero-order valence-electron chi connectivity index (χ0n) is 17.4. The number of carbonyl (C=O) groups excluding carboxylic acids is 1. The Morgan fingerprint density at radius 3 is 2.68 bits per heavy atom. The fourth-order valence-corrected chi connectivity index (χ4v) is 5.62. The summed E-state index contributed by atoms with van der Waals surface area (Å²) < 4.78 is 38.0. The molecule has 0 unspecified atom stereocenters. The largest absolute Gasteiger partial charge is 0.492 e. The molecule has 1 saturated heterocycles. The van der Waals surface area contributed by atoms with Crippen molar-refractivity contribution in [3.63, 3.8) is 0 Å². The minimum absolute atomic E-state index is 0.0302. The first-order chi connectivity index (χ1) is 14.7. The van der Waals surface area contributed by atoms with Crippen LogP contribution in [0.4, 0.5) is 0 Å². The van der Waals surface area contributed by atoms with Gasteiger partial charge in [-0.2, -0.15) is 4.31 Å². The first-order valence-electron chi connectivity index (χ1n) is 9.99. The van der Waals surface area contributed by atoms with Gasteiger partial charge >= 0.3 is 0 Å². The summed E-state index contributed by atoms with van der Waals surface area (Å²) in [4.78, 5) is 14.4. The molecule has 170 valence electrons.